The van der Waals surface area contributed by atoms with E-state index in [1.54, 1.807) is 11.8 Å². The van der Waals surface area contributed by atoms with Crippen molar-refractivity contribution in [3.63, 3.8) is 0 Å². The topological polar surface area (TPSA) is 66.4 Å². The number of nitrogens with one attached hydrogen (secondary N) is 1. The fraction of sp³-hybridized carbons (Fsp3) is 0.846. The predicted molar refractivity (Wildman–Crippen MR) is 71.7 cm³/mol. The molecule has 0 aromatic carbocycles. The van der Waals surface area contributed by atoms with E-state index in [1.807, 2.05) is 0 Å². The molecule has 2 N–H and O–H groups in total. The Morgan fingerprint density at radius 3 is 2.50 bits per heavy atom. The van der Waals surface area contributed by atoms with Crippen LogP contribution in [-0.2, 0) is 9.59 Å². The molecule has 0 radical (unpaired) electrons. The minimum Gasteiger partial charge on any atom is -0.481 e. The average molecular weight is 271 g/mol. The Labute approximate surface area is 112 Å². The molecule has 1 aliphatic carbocycles. The van der Waals surface area contributed by atoms with Gasteiger partial charge in [-0.3, -0.25) is 9.59 Å². The third-order valence-corrected chi connectivity index (χ3v) is 5.29. The molecule has 0 aromatic rings. The summed E-state index contributed by atoms with van der Waals surface area (Å²) in [7, 11) is 0. The Morgan fingerprint density at radius 1 is 1.22 bits per heavy atom. The zero-order valence-corrected chi connectivity index (χ0v) is 11.4. The van der Waals surface area contributed by atoms with E-state index >= 15 is 0 Å². The zero-order valence-electron chi connectivity index (χ0n) is 10.6. The van der Waals surface area contributed by atoms with Crippen molar-refractivity contribution in [1.82, 2.24) is 5.32 Å². The van der Waals surface area contributed by atoms with E-state index in [-0.39, 0.29) is 17.6 Å². The number of hydrogen-bond acceptors (Lipinski definition) is 3. The molecule has 0 spiro atoms. The molecular weight excluding hydrogens is 250 g/mol. The molecule has 1 saturated carbocycles. The minimum atomic E-state index is -0.812. The van der Waals surface area contributed by atoms with Gasteiger partial charge in [-0.25, -0.2) is 0 Å². The minimum absolute atomic E-state index is 0.0324. The van der Waals surface area contributed by atoms with Crippen LogP contribution in [0.3, 0.4) is 0 Å². The Bertz CT molecular complexity index is 320. The molecule has 1 saturated heterocycles. The van der Waals surface area contributed by atoms with E-state index in [9.17, 15) is 9.59 Å². The summed E-state index contributed by atoms with van der Waals surface area (Å²) < 4.78 is 0. The molecule has 1 aliphatic heterocycles. The second-order valence-electron chi connectivity index (χ2n) is 5.40. The van der Waals surface area contributed by atoms with Crippen molar-refractivity contribution in [2.75, 3.05) is 5.75 Å². The van der Waals surface area contributed by atoms with Crippen LogP contribution in [0.15, 0.2) is 0 Å². The molecule has 1 unspecified atom stereocenters. The molecule has 1 atom stereocenters. The van der Waals surface area contributed by atoms with E-state index in [2.05, 4.69) is 5.32 Å². The number of carbonyl (C=O) groups excluding carboxylic acids is 1. The SMILES string of the molecule is O=C(O)CC1(NC(=O)C2CCCCS2)CCCC1. The van der Waals surface area contributed by atoms with Gasteiger partial charge in [-0.05, 0) is 31.4 Å². The van der Waals surface area contributed by atoms with Gasteiger partial charge in [0, 0.05) is 0 Å². The summed E-state index contributed by atoms with van der Waals surface area (Å²) in [5, 5.41) is 12.1. The summed E-state index contributed by atoms with van der Waals surface area (Å²) >= 11 is 1.71. The van der Waals surface area contributed by atoms with Gasteiger partial charge in [0.15, 0.2) is 0 Å². The summed E-state index contributed by atoms with van der Waals surface area (Å²) in [5.41, 5.74) is -0.471. The number of amides is 1. The molecule has 18 heavy (non-hydrogen) atoms. The maximum absolute atomic E-state index is 12.2. The van der Waals surface area contributed by atoms with Gasteiger partial charge < -0.3 is 10.4 Å². The molecule has 102 valence electrons. The van der Waals surface area contributed by atoms with Crippen molar-refractivity contribution in [3.8, 4) is 0 Å². The van der Waals surface area contributed by atoms with Crippen LogP contribution in [0.1, 0.15) is 51.4 Å². The molecule has 1 amide bonds. The van der Waals surface area contributed by atoms with Gasteiger partial charge in [-0.1, -0.05) is 19.3 Å². The molecule has 2 fully saturated rings. The predicted octanol–water partition coefficient (Wildman–Crippen LogP) is 2.18. The largest absolute Gasteiger partial charge is 0.481 e. The highest BCUT2D eigenvalue weighted by Gasteiger charge is 2.38. The van der Waals surface area contributed by atoms with E-state index in [0.29, 0.717) is 0 Å². The highest BCUT2D eigenvalue weighted by molar-refractivity contribution is 8.00. The second-order valence-corrected chi connectivity index (χ2v) is 6.71. The summed E-state index contributed by atoms with van der Waals surface area (Å²) in [4.78, 5) is 23.2. The van der Waals surface area contributed by atoms with Crippen molar-refractivity contribution in [2.45, 2.75) is 62.2 Å². The first kappa shape index (κ1) is 13.7. The van der Waals surface area contributed by atoms with Crippen molar-refractivity contribution in [2.24, 2.45) is 0 Å². The van der Waals surface area contributed by atoms with E-state index in [1.165, 1.54) is 6.42 Å². The van der Waals surface area contributed by atoms with Crippen molar-refractivity contribution in [3.05, 3.63) is 0 Å². The van der Waals surface area contributed by atoms with Gasteiger partial charge in [0.05, 0.1) is 17.2 Å². The molecule has 5 heteroatoms. The second kappa shape index (κ2) is 5.95. The van der Waals surface area contributed by atoms with Crippen LogP contribution >= 0.6 is 11.8 Å². The number of thioether (sulfide) groups is 1. The Kier molecular flexibility index (Phi) is 4.54. The lowest BCUT2D eigenvalue weighted by molar-refractivity contribution is -0.139. The first-order valence-electron chi connectivity index (χ1n) is 6.77. The molecule has 0 bridgehead atoms. The normalized spacial score (nSPS) is 26.8. The zero-order chi connectivity index (χ0) is 13.0. The highest BCUT2D eigenvalue weighted by Crippen LogP contribution is 2.34. The number of carbonyl (C=O) groups is 2. The van der Waals surface area contributed by atoms with Crippen LogP contribution in [0.25, 0.3) is 0 Å². The van der Waals surface area contributed by atoms with Gasteiger partial charge in [0.2, 0.25) is 5.91 Å². The number of hydrogen-bond donors (Lipinski definition) is 2. The van der Waals surface area contributed by atoms with Crippen LogP contribution in [0, 0.1) is 0 Å². The van der Waals surface area contributed by atoms with Crippen LogP contribution in [0.2, 0.25) is 0 Å². The summed E-state index contributed by atoms with van der Waals surface area (Å²) in [5.74, 6) is 0.292. The summed E-state index contributed by atoms with van der Waals surface area (Å²) in [6, 6.07) is 0. The molecule has 0 aromatic heterocycles. The van der Waals surface area contributed by atoms with E-state index in [4.69, 9.17) is 5.11 Å². The van der Waals surface area contributed by atoms with Gasteiger partial charge in [-0.2, -0.15) is 0 Å². The smallest absolute Gasteiger partial charge is 0.305 e. The number of carboxylic acid groups (broad SMARTS) is 1. The van der Waals surface area contributed by atoms with Crippen LogP contribution in [0.5, 0.6) is 0 Å². The Morgan fingerprint density at radius 2 is 1.94 bits per heavy atom. The van der Waals surface area contributed by atoms with Crippen LogP contribution in [-0.4, -0.2) is 33.5 Å². The Balaban J connectivity index is 1.95. The lowest BCUT2D eigenvalue weighted by Crippen LogP contribution is -2.51. The van der Waals surface area contributed by atoms with Crippen molar-refractivity contribution in [1.29, 1.82) is 0 Å². The summed E-state index contributed by atoms with van der Waals surface area (Å²) in [6.07, 6.45) is 6.95. The van der Waals surface area contributed by atoms with Gasteiger partial charge in [0.1, 0.15) is 0 Å². The van der Waals surface area contributed by atoms with Crippen molar-refractivity contribution >= 4 is 23.6 Å². The number of rotatable bonds is 4. The maximum Gasteiger partial charge on any atom is 0.305 e. The average Bonchev–Trinajstić information content (AvgIpc) is 2.77. The first-order chi connectivity index (χ1) is 8.61. The molecule has 2 aliphatic rings. The van der Waals surface area contributed by atoms with Gasteiger partial charge in [0.25, 0.3) is 0 Å². The van der Waals surface area contributed by atoms with Crippen LogP contribution < -0.4 is 5.32 Å². The molecule has 1 heterocycles. The quantitative estimate of drug-likeness (QED) is 0.822. The lowest BCUT2D eigenvalue weighted by atomic mass is 9.93. The number of carboxylic acids is 1. The standard InChI is InChI=1S/C13H21NO3S/c15-11(16)9-13(6-2-3-7-13)14-12(17)10-5-1-4-8-18-10/h10H,1-9H2,(H,14,17)(H,15,16). The number of aliphatic carboxylic acids is 1. The first-order valence-corrected chi connectivity index (χ1v) is 7.82. The Hall–Kier alpha value is -0.710. The third kappa shape index (κ3) is 3.40. The fourth-order valence-corrected chi connectivity index (χ4v) is 4.18. The maximum atomic E-state index is 12.2. The van der Waals surface area contributed by atoms with E-state index < -0.39 is 11.5 Å². The third-order valence-electron chi connectivity index (χ3n) is 3.91. The highest BCUT2D eigenvalue weighted by atomic mass is 32.2. The van der Waals surface area contributed by atoms with E-state index in [0.717, 1.165) is 44.3 Å². The molecular formula is C13H21NO3S. The van der Waals surface area contributed by atoms with Crippen molar-refractivity contribution < 1.29 is 14.7 Å². The summed E-state index contributed by atoms with van der Waals surface area (Å²) in [6.45, 7) is 0. The lowest BCUT2D eigenvalue weighted by Gasteiger charge is -2.31. The monoisotopic (exact) mass is 271 g/mol. The molecule has 4 nitrogen and oxygen atoms in total. The van der Waals surface area contributed by atoms with Gasteiger partial charge >= 0.3 is 5.97 Å². The fourth-order valence-electron chi connectivity index (χ4n) is 2.98. The molecule has 2 rings (SSSR count). The van der Waals surface area contributed by atoms with Gasteiger partial charge in [-0.15, -0.1) is 11.8 Å². The van der Waals surface area contributed by atoms with Crippen LogP contribution in [0.4, 0.5) is 0 Å².